The highest BCUT2D eigenvalue weighted by Crippen LogP contribution is 2.21. The normalized spacial score (nSPS) is 12.7. The van der Waals surface area contributed by atoms with Gasteiger partial charge >= 0.3 is 11.9 Å². The molecule has 0 rings (SSSR count). The number of unbranched alkanes of at least 4 members (excludes halogenated alkanes) is 20. The maximum absolute atomic E-state index is 12.5. The van der Waals surface area contributed by atoms with Crippen LogP contribution in [0.3, 0.4) is 0 Å². The summed E-state index contributed by atoms with van der Waals surface area (Å²) in [5.74, 6) is 1.08. The first-order chi connectivity index (χ1) is 25.0. The smallest absolute Gasteiger partial charge is 0.305 e. The predicted octanol–water partition coefficient (Wildman–Crippen LogP) is 14.2. The fraction of sp³-hybridized carbons (Fsp3) is 0.957. The molecule has 2 unspecified atom stereocenters. The zero-order valence-corrected chi connectivity index (χ0v) is 35.4. The fourth-order valence-electron chi connectivity index (χ4n) is 7.33. The maximum Gasteiger partial charge on any atom is 0.305 e. The first-order valence-electron chi connectivity index (χ1n) is 23.0. The van der Waals surface area contributed by atoms with Crippen molar-refractivity contribution in [3.05, 3.63) is 0 Å². The Kier molecular flexibility index (Phi) is 39.2. The van der Waals surface area contributed by atoms with Gasteiger partial charge in [-0.1, -0.05) is 176 Å². The summed E-state index contributed by atoms with van der Waals surface area (Å²) in [6, 6.07) is 0. The zero-order chi connectivity index (χ0) is 37.5. The highest BCUT2D eigenvalue weighted by Gasteiger charge is 2.14. The van der Waals surface area contributed by atoms with Gasteiger partial charge in [-0.25, -0.2) is 0 Å². The lowest BCUT2D eigenvalue weighted by Gasteiger charge is -2.20. The molecule has 0 N–H and O–H groups in total. The Balaban J connectivity index is 4.13. The van der Waals surface area contributed by atoms with Gasteiger partial charge in [-0.15, -0.1) is 0 Å². The van der Waals surface area contributed by atoms with Crippen molar-refractivity contribution in [3.63, 3.8) is 0 Å². The Hall–Kier alpha value is -1.10. The topological polar surface area (TPSA) is 55.8 Å². The molecule has 0 aliphatic heterocycles. The second-order valence-corrected chi connectivity index (χ2v) is 16.0. The molecular formula is C46H91NO4. The van der Waals surface area contributed by atoms with Crippen LogP contribution < -0.4 is 0 Å². The third-order valence-corrected chi connectivity index (χ3v) is 11.0. The SMILES string of the molecule is CCCCCCCCC(CCCCCC)COC(=O)CCCCCN(CC)CCCCCC(=O)OCC(CCCCCC)CCCCCCCC. The molecule has 304 valence electrons. The second kappa shape index (κ2) is 40.1. The van der Waals surface area contributed by atoms with Crippen LogP contribution in [0.2, 0.25) is 0 Å². The molecule has 2 atom stereocenters. The number of carbonyl (C=O) groups excluding carboxylic acids is 2. The van der Waals surface area contributed by atoms with Crippen LogP contribution in [0.25, 0.3) is 0 Å². The molecule has 0 aromatic rings. The van der Waals surface area contributed by atoms with Crippen LogP contribution in [0.1, 0.15) is 240 Å². The molecule has 51 heavy (non-hydrogen) atoms. The van der Waals surface area contributed by atoms with E-state index in [9.17, 15) is 9.59 Å². The molecule has 0 fully saturated rings. The number of nitrogens with zero attached hydrogens (tertiary/aromatic N) is 1. The van der Waals surface area contributed by atoms with Crippen molar-refractivity contribution in [3.8, 4) is 0 Å². The van der Waals surface area contributed by atoms with Crippen molar-refractivity contribution in [2.24, 2.45) is 11.8 Å². The molecule has 0 spiro atoms. The third-order valence-electron chi connectivity index (χ3n) is 11.0. The van der Waals surface area contributed by atoms with Gasteiger partial charge in [-0.2, -0.15) is 0 Å². The van der Waals surface area contributed by atoms with Crippen molar-refractivity contribution in [2.45, 2.75) is 240 Å². The lowest BCUT2D eigenvalue weighted by atomic mass is 9.95. The summed E-state index contributed by atoms with van der Waals surface area (Å²) in [4.78, 5) is 27.6. The average Bonchev–Trinajstić information content (AvgIpc) is 3.13. The molecule has 0 bridgehead atoms. The number of hydrogen-bond acceptors (Lipinski definition) is 5. The van der Waals surface area contributed by atoms with E-state index in [2.05, 4.69) is 39.5 Å². The minimum Gasteiger partial charge on any atom is -0.465 e. The first-order valence-corrected chi connectivity index (χ1v) is 23.0. The summed E-state index contributed by atoms with van der Waals surface area (Å²) >= 11 is 0. The predicted molar refractivity (Wildman–Crippen MR) is 221 cm³/mol. The highest BCUT2D eigenvalue weighted by molar-refractivity contribution is 5.69. The Labute approximate surface area is 319 Å². The summed E-state index contributed by atoms with van der Waals surface area (Å²) < 4.78 is 11.6. The summed E-state index contributed by atoms with van der Waals surface area (Å²) in [5, 5.41) is 0. The van der Waals surface area contributed by atoms with Crippen LogP contribution in [-0.2, 0) is 19.1 Å². The molecule has 0 aliphatic carbocycles. The lowest BCUT2D eigenvalue weighted by Crippen LogP contribution is -2.25. The van der Waals surface area contributed by atoms with E-state index in [1.165, 1.54) is 154 Å². The highest BCUT2D eigenvalue weighted by atomic mass is 16.5. The molecule has 0 heterocycles. The molecule has 0 saturated carbocycles. The van der Waals surface area contributed by atoms with Gasteiger partial charge in [0, 0.05) is 12.8 Å². The Morgan fingerprint density at radius 3 is 1.02 bits per heavy atom. The molecule has 5 heteroatoms. The van der Waals surface area contributed by atoms with E-state index in [0.29, 0.717) is 37.9 Å². The van der Waals surface area contributed by atoms with Gasteiger partial charge < -0.3 is 14.4 Å². The minimum atomic E-state index is 0.00248. The average molecular weight is 722 g/mol. The third kappa shape index (κ3) is 35.7. The second-order valence-electron chi connectivity index (χ2n) is 16.0. The summed E-state index contributed by atoms with van der Waals surface area (Å²) in [6.45, 7) is 15.8. The van der Waals surface area contributed by atoms with Crippen molar-refractivity contribution in [1.82, 2.24) is 4.90 Å². The van der Waals surface area contributed by atoms with Gasteiger partial charge in [-0.05, 0) is 82.8 Å². The Morgan fingerprint density at radius 2 is 0.686 bits per heavy atom. The Bertz CT molecular complexity index is 670. The number of ether oxygens (including phenoxy) is 2. The molecule has 0 radical (unpaired) electrons. The van der Waals surface area contributed by atoms with Crippen LogP contribution in [-0.4, -0.2) is 49.7 Å². The molecule has 0 amide bonds. The largest absolute Gasteiger partial charge is 0.465 e. The fourth-order valence-corrected chi connectivity index (χ4v) is 7.33. The van der Waals surface area contributed by atoms with E-state index in [1.807, 2.05) is 0 Å². The maximum atomic E-state index is 12.5. The van der Waals surface area contributed by atoms with Crippen LogP contribution in [0, 0.1) is 11.8 Å². The van der Waals surface area contributed by atoms with Gasteiger partial charge in [-0.3, -0.25) is 9.59 Å². The summed E-state index contributed by atoms with van der Waals surface area (Å²) in [6.07, 6.45) is 38.4. The first kappa shape index (κ1) is 49.9. The molecule has 0 aromatic carbocycles. The minimum absolute atomic E-state index is 0.00248. The van der Waals surface area contributed by atoms with Crippen molar-refractivity contribution < 1.29 is 19.1 Å². The van der Waals surface area contributed by atoms with Crippen molar-refractivity contribution in [2.75, 3.05) is 32.8 Å². The van der Waals surface area contributed by atoms with Crippen LogP contribution in [0.15, 0.2) is 0 Å². The van der Waals surface area contributed by atoms with Gasteiger partial charge in [0.05, 0.1) is 13.2 Å². The number of hydrogen-bond donors (Lipinski definition) is 0. The summed E-state index contributed by atoms with van der Waals surface area (Å²) in [7, 11) is 0. The lowest BCUT2D eigenvalue weighted by molar-refractivity contribution is -0.146. The van der Waals surface area contributed by atoms with E-state index >= 15 is 0 Å². The monoisotopic (exact) mass is 722 g/mol. The van der Waals surface area contributed by atoms with Crippen LogP contribution in [0.4, 0.5) is 0 Å². The van der Waals surface area contributed by atoms with E-state index < -0.39 is 0 Å². The quantitative estimate of drug-likeness (QED) is 0.0465. The van der Waals surface area contributed by atoms with Crippen LogP contribution >= 0.6 is 0 Å². The molecule has 0 aliphatic rings. The van der Waals surface area contributed by atoms with Gasteiger partial charge in [0.1, 0.15) is 0 Å². The standard InChI is InChI=1S/C46H91NO4/c1-6-11-15-19-21-27-35-43(33-25-17-13-8-3)41-50-45(48)37-29-23-31-39-47(10-5)40-32-24-30-38-46(49)51-42-44(34-26-18-14-9-4)36-28-22-20-16-12-7-2/h43-44H,6-42H2,1-5H3. The van der Waals surface area contributed by atoms with Crippen LogP contribution in [0.5, 0.6) is 0 Å². The van der Waals surface area contributed by atoms with Gasteiger partial charge in [0.15, 0.2) is 0 Å². The van der Waals surface area contributed by atoms with E-state index in [0.717, 1.165) is 58.2 Å². The van der Waals surface area contributed by atoms with E-state index in [-0.39, 0.29) is 11.9 Å². The molecule has 5 nitrogen and oxygen atoms in total. The Morgan fingerprint density at radius 1 is 0.392 bits per heavy atom. The van der Waals surface area contributed by atoms with Crippen molar-refractivity contribution in [1.29, 1.82) is 0 Å². The number of carbonyl (C=O) groups is 2. The molecule has 0 saturated heterocycles. The number of esters is 2. The van der Waals surface area contributed by atoms with Gasteiger partial charge in [0.2, 0.25) is 0 Å². The molecular weight excluding hydrogens is 631 g/mol. The summed E-state index contributed by atoms with van der Waals surface area (Å²) in [5.41, 5.74) is 0. The van der Waals surface area contributed by atoms with Crippen molar-refractivity contribution >= 4 is 11.9 Å². The molecule has 0 aromatic heterocycles. The van der Waals surface area contributed by atoms with E-state index in [4.69, 9.17) is 9.47 Å². The zero-order valence-electron chi connectivity index (χ0n) is 35.4. The van der Waals surface area contributed by atoms with E-state index in [1.54, 1.807) is 0 Å². The van der Waals surface area contributed by atoms with Gasteiger partial charge in [0.25, 0.3) is 0 Å². The number of rotatable bonds is 41.